The van der Waals surface area contributed by atoms with E-state index >= 15 is 0 Å². The third-order valence-electron chi connectivity index (χ3n) is 0. The molecule has 1 nitrogen and oxygen atoms in total. The van der Waals surface area contributed by atoms with E-state index in [0.717, 1.165) is 0 Å². The fourth-order valence-electron chi connectivity index (χ4n) is 0. The summed E-state index contributed by atoms with van der Waals surface area (Å²) in [7, 11) is 0. The van der Waals surface area contributed by atoms with E-state index in [0.29, 0.717) is 0 Å². The summed E-state index contributed by atoms with van der Waals surface area (Å²) in [5, 5.41) is 0. The number of hydrogen-bond donors (Lipinski definition) is 0. The monoisotopic (exact) mass is 362 g/mol. The van der Waals surface area contributed by atoms with E-state index in [1.807, 2.05) is 0 Å². The van der Waals surface area contributed by atoms with Crippen LogP contribution in [0.1, 0.15) is 0 Å². The molecule has 2 radical (unpaired) electrons. The molecule has 0 rings (SSSR count). The molecular weight excluding hydrogens is 357 g/mol. The minimum atomic E-state index is 0. The SMILES string of the molecule is O.[Co].[Fe].[La].[SrH2]. The van der Waals surface area contributed by atoms with Crippen molar-refractivity contribution in [3.8, 4) is 0 Å². The van der Waals surface area contributed by atoms with Gasteiger partial charge in [0.25, 0.3) is 0 Å². The molecule has 0 aliphatic carbocycles. The minimum absolute atomic E-state index is 0. The Balaban J connectivity index is 0. The summed E-state index contributed by atoms with van der Waals surface area (Å²) in [6, 6.07) is 0. The van der Waals surface area contributed by atoms with Gasteiger partial charge in [-0.2, -0.15) is 0 Å². The van der Waals surface area contributed by atoms with Crippen molar-refractivity contribution < 1.29 is 74.9 Å². The Kier molecular flexibility index (Phi) is 192. The van der Waals surface area contributed by atoms with Gasteiger partial charge >= 0.3 is 45.5 Å². The third kappa shape index (κ3) is 18.3. The standard InChI is InChI=1S/Co.Fe.La.H2O.Sr.2H/h;;;1H2;;;. The molecule has 5 heavy (non-hydrogen) atoms. The average Bonchev–Trinajstić information content (AvgIpc) is 0. The summed E-state index contributed by atoms with van der Waals surface area (Å²) in [4.78, 5) is 0. The molecule has 0 aromatic rings. The first kappa shape index (κ1) is 37.9. The van der Waals surface area contributed by atoms with Crippen molar-refractivity contribution in [3.63, 3.8) is 0 Å². The van der Waals surface area contributed by atoms with Crippen LogP contribution >= 0.6 is 0 Å². The van der Waals surface area contributed by atoms with Crippen molar-refractivity contribution in [2.75, 3.05) is 0 Å². The van der Waals surface area contributed by atoms with Crippen molar-refractivity contribution >= 4 is 45.5 Å². The Morgan fingerprint density at radius 1 is 1.00 bits per heavy atom. The van der Waals surface area contributed by atoms with Gasteiger partial charge in [0.05, 0.1) is 0 Å². The molecule has 0 spiro atoms. The molecule has 0 aliphatic heterocycles. The van der Waals surface area contributed by atoms with Crippen LogP contribution in [0.15, 0.2) is 0 Å². The Hall–Kier alpha value is 3.66. The molecule has 0 saturated carbocycles. The van der Waals surface area contributed by atoms with Crippen LogP contribution in [0.4, 0.5) is 0 Å². The summed E-state index contributed by atoms with van der Waals surface area (Å²) >= 11 is 0. The molecule has 0 unspecified atom stereocenters. The van der Waals surface area contributed by atoms with Crippen LogP contribution in [0.3, 0.4) is 0 Å². The molecule has 0 amide bonds. The average molecular weight is 361 g/mol. The van der Waals surface area contributed by atoms with Crippen LogP contribution in [-0.4, -0.2) is 51.0 Å². The number of hydrogen-bond acceptors (Lipinski definition) is 0. The Morgan fingerprint density at radius 3 is 1.00 bits per heavy atom. The summed E-state index contributed by atoms with van der Waals surface area (Å²) in [6.45, 7) is 0. The van der Waals surface area contributed by atoms with Gasteiger partial charge in [-0.25, -0.2) is 0 Å². The van der Waals surface area contributed by atoms with Gasteiger partial charge in [0.1, 0.15) is 0 Å². The van der Waals surface area contributed by atoms with E-state index in [-0.39, 0.29) is 120 Å². The van der Waals surface area contributed by atoms with Crippen molar-refractivity contribution in [2.45, 2.75) is 0 Å². The normalized spacial score (nSPS) is 0. The van der Waals surface area contributed by atoms with Gasteiger partial charge < -0.3 is 5.48 Å². The molecule has 0 bridgehead atoms. The van der Waals surface area contributed by atoms with Crippen LogP contribution in [0, 0.1) is 35.6 Å². The van der Waals surface area contributed by atoms with Crippen molar-refractivity contribution in [1.82, 2.24) is 0 Å². The first-order valence-electron chi connectivity index (χ1n) is 0. The van der Waals surface area contributed by atoms with Crippen LogP contribution in [0.2, 0.25) is 0 Å². The van der Waals surface area contributed by atoms with Gasteiger partial charge in [-0.3, -0.25) is 0 Å². The predicted molar refractivity (Wildman–Crippen MR) is 12.2 cm³/mol. The molecule has 2 N–H and O–H groups in total. The van der Waals surface area contributed by atoms with Crippen LogP contribution in [0.5, 0.6) is 0 Å². The maximum absolute atomic E-state index is 0. The van der Waals surface area contributed by atoms with E-state index in [9.17, 15) is 0 Å². The first-order chi connectivity index (χ1) is 0. The predicted octanol–water partition coefficient (Wildman–Crippen LogP) is -1.75. The Morgan fingerprint density at radius 2 is 1.00 bits per heavy atom. The van der Waals surface area contributed by atoms with Crippen LogP contribution in [0.25, 0.3) is 0 Å². The topological polar surface area (TPSA) is 31.5 Å². The molecule has 32 valence electrons. The van der Waals surface area contributed by atoms with E-state index in [1.54, 1.807) is 0 Å². The third-order valence-corrected chi connectivity index (χ3v) is 0. The second-order valence-corrected chi connectivity index (χ2v) is 0. The van der Waals surface area contributed by atoms with Crippen molar-refractivity contribution in [1.29, 1.82) is 0 Å². The Labute approximate surface area is 117 Å². The molecule has 0 atom stereocenters. The molecule has 5 heteroatoms. The fourth-order valence-corrected chi connectivity index (χ4v) is 0. The zero-order valence-electron chi connectivity index (χ0n) is 1.76. The zero-order chi connectivity index (χ0) is 0. The molecule has 0 aromatic carbocycles. The second kappa shape index (κ2) is 25.4. The van der Waals surface area contributed by atoms with Gasteiger partial charge in [0.15, 0.2) is 0 Å². The van der Waals surface area contributed by atoms with E-state index < -0.39 is 0 Å². The molecule has 0 aliphatic rings. The summed E-state index contributed by atoms with van der Waals surface area (Å²) in [5.74, 6) is 0. The van der Waals surface area contributed by atoms with Crippen molar-refractivity contribution in [2.24, 2.45) is 0 Å². The van der Waals surface area contributed by atoms with Gasteiger partial charge in [-0.05, 0) is 0 Å². The summed E-state index contributed by atoms with van der Waals surface area (Å²) in [5.41, 5.74) is 0. The van der Waals surface area contributed by atoms with E-state index in [4.69, 9.17) is 0 Å². The van der Waals surface area contributed by atoms with Gasteiger partial charge in [-0.15, -0.1) is 0 Å². The van der Waals surface area contributed by atoms with E-state index in [2.05, 4.69) is 0 Å². The second-order valence-electron chi connectivity index (χ2n) is 0. The summed E-state index contributed by atoms with van der Waals surface area (Å²) < 4.78 is 0. The molecule has 0 saturated heterocycles. The van der Waals surface area contributed by atoms with Crippen molar-refractivity contribution in [3.05, 3.63) is 0 Å². The van der Waals surface area contributed by atoms with Gasteiger partial charge in [0, 0.05) is 69.4 Å². The molecule has 0 heterocycles. The first-order valence-corrected chi connectivity index (χ1v) is 0. The molecule has 0 aromatic heterocycles. The summed E-state index contributed by atoms with van der Waals surface area (Å²) in [6.07, 6.45) is 0. The number of rotatable bonds is 0. The molecular formula is H4CoFeLaOSr. The maximum atomic E-state index is 0. The zero-order valence-corrected chi connectivity index (χ0v) is 7.54. The van der Waals surface area contributed by atoms with Crippen LogP contribution < -0.4 is 0 Å². The van der Waals surface area contributed by atoms with E-state index in [1.165, 1.54) is 0 Å². The molecule has 0 fully saturated rings. The van der Waals surface area contributed by atoms with Gasteiger partial charge in [-0.1, -0.05) is 0 Å². The quantitative estimate of drug-likeness (QED) is 0.459. The van der Waals surface area contributed by atoms with Crippen LogP contribution in [-0.2, 0) is 33.8 Å². The Bertz CT molecular complexity index is 11.6. The fraction of sp³-hybridized carbons (Fsp3) is 0. The van der Waals surface area contributed by atoms with Gasteiger partial charge in [0.2, 0.25) is 0 Å².